The van der Waals surface area contributed by atoms with Crippen molar-refractivity contribution in [3.8, 4) is 11.1 Å². The molecule has 0 spiro atoms. The average Bonchev–Trinajstić information content (AvgIpc) is 2.53. The van der Waals surface area contributed by atoms with E-state index in [9.17, 15) is 4.79 Å². The normalized spacial score (nSPS) is 10.7. The molecule has 0 bridgehead atoms. The van der Waals surface area contributed by atoms with Gasteiger partial charge in [-0.25, -0.2) is 4.79 Å². The van der Waals surface area contributed by atoms with Crippen molar-refractivity contribution in [3.05, 3.63) is 65.7 Å². The first-order chi connectivity index (χ1) is 9.72. The number of hydrogen-bond acceptors (Lipinski definition) is 2. The molecule has 0 heterocycles. The fraction of sp³-hybridized carbons (Fsp3) is 0.167. The van der Waals surface area contributed by atoms with Gasteiger partial charge in [0.15, 0.2) is 0 Å². The van der Waals surface area contributed by atoms with Crippen molar-refractivity contribution in [1.82, 2.24) is 0 Å². The second-order valence-corrected chi connectivity index (χ2v) is 4.53. The van der Waals surface area contributed by atoms with Gasteiger partial charge < -0.3 is 4.74 Å². The molecule has 0 aliphatic carbocycles. The van der Waals surface area contributed by atoms with Crippen LogP contribution in [0.2, 0.25) is 0 Å². The molecule has 2 aromatic carbocycles. The van der Waals surface area contributed by atoms with E-state index in [1.165, 1.54) is 29.9 Å². The molecule has 0 unspecified atom stereocenters. The van der Waals surface area contributed by atoms with Gasteiger partial charge in [0.05, 0.1) is 7.11 Å². The predicted molar refractivity (Wildman–Crippen MR) is 82.3 cm³/mol. The molecule has 0 saturated heterocycles. The van der Waals surface area contributed by atoms with Crippen LogP contribution < -0.4 is 0 Å². The molecule has 0 aromatic heterocycles. The van der Waals surface area contributed by atoms with Crippen LogP contribution >= 0.6 is 0 Å². The van der Waals surface area contributed by atoms with E-state index in [1.54, 1.807) is 6.08 Å². The van der Waals surface area contributed by atoms with Crippen LogP contribution in [0, 0.1) is 0 Å². The van der Waals surface area contributed by atoms with E-state index in [2.05, 4.69) is 48.1 Å². The van der Waals surface area contributed by atoms with E-state index in [-0.39, 0.29) is 5.97 Å². The van der Waals surface area contributed by atoms with Gasteiger partial charge in [0.25, 0.3) is 0 Å². The van der Waals surface area contributed by atoms with Crippen molar-refractivity contribution in [2.24, 2.45) is 0 Å². The maximum Gasteiger partial charge on any atom is 0.330 e. The molecule has 0 radical (unpaired) electrons. The van der Waals surface area contributed by atoms with Gasteiger partial charge in [0, 0.05) is 6.08 Å². The molecule has 0 aliphatic rings. The van der Waals surface area contributed by atoms with Crippen molar-refractivity contribution in [2.45, 2.75) is 13.3 Å². The highest BCUT2D eigenvalue weighted by molar-refractivity contribution is 5.87. The van der Waals surface area contributed by atoms with Crippen LogP contribution in [0.25, 0.3) is 17.2 Å². The number of methoxy groups -OCH3 is 1. The largest absolute Gasteiger partial charge is 0.466 e. The lowest BCUT2D eigenvalue weighted by Gasteiger charge is -2.04. The van der Waals surface area contributed by atoms with Crippen LogP contribution in [0.1, 0.15) is 18.1 Å². The van der Waals surface area contributed by atoms with Gasteiger partial charge in [-0.3, -0.25) is 0 Å². The number of rotatable bonds is 4. The topological polar surface area (TPSA) is 26.3 Å². The Hall–Kier alpha value is -2.35. The van der Waals surface area contributed by atoms with Crippen molar-refractivity contribution in [3.63, 3.8) is 0 Å². The molecule has 0 amide bonds. The fourth-order valence-electron chi connectivity index (χ4n) is 1.95. The van der Waals surface area contributed by atoms with E-state index < -0.39 is 0 Å². The van der Waals surface area contributed by atoms with Gasteiger partial charge in [-0.15, -0.1) is 0 Å². The number of ether oxygens (including phenoxy) is 1. The van der Waals surface area contributed by atoms with Crippen LogP contribution in [0.5, 0.6) is 0 Å². The van der Waals surface area contributed by atoms with Crippen LogP contribution in [0.4, 0.5) is 0 Å². The lowest BCUT2D eigenvalue weighted by molar-refractivity contribution is -0.134. The Balaban J connectivity index is 2.14. The summed E-state index contributed by atoms with van der Waals surface area (Å²) in [6.45, 7) is 2.15. The highest BCUT2D eigenvalue weighted by Crippen LogP contribution is 2.21. The maximum atomic E-state index is 11.0. The minimum atomic E-state index is -0.343. The summed E-state index contributed by atoms with van der Waals surface area (Å²) < 4.78 is 4.56. The average molecular weight is 266 g/mol. The summed E-state index contributed by atoms with van der Waals surface area (Å²) in [5.74, 6) is -0.343. The molecular weight excluding hydrogens is 248 g/mol. The van der Waals surface area contributed by atoms with Crippen molar-refractivity contribution >= 4 is 12.0 Å². The van der Waals surface area contributed by atoms with Gasteiger partial charge in [-0.2, -0.15) is 0 Å². The van der Waals surface area contributed by atoms with Crippen LogP contribution in [0.3, 0.4) is 0 Å². The Kier molecular flexibility index (Phi) is 4.72. The summed E-state index contributed by atoms with van der Waals surface area (Å²) in [6, 6.07) is 16.7. The summed E-state index contributed by atoms with van der Waals surface area (Å²) in [7, 11) is 1.37. The van der Waals surface area contributed by atoms with Crippen molar-refractivity contribution in [1.29, 1.82) is 0 Å². The van der Waals surface area contributed by atoms with Crippen molar-refractivity contribution < 1.29 is 9.53 Å². The predicted octanol–water partition coefficient (Wildman–Crippen LogP) is 4.10. The lowest BCUT2D eigenvalue weighted by atomic mass is 10.0. The standard InChI is InChI=1S/C18H18O2/c1-3-14-4-9-16(10-5-14)17-11-6-15(7-12-17)8-13-18(19)20-2/h4-13H,3H2,1-2H3/b13-8+. The monoisotopic (exact) mass is 266 g/mol. The van der Waals surface area contributed by atoms with E-state index >= 15 is 0 Å². The Morgan fingerprint density at radius 1 is 1.00 bits per heavy atom. The molecule has 102 valence electrons. The van der Waals surface area contributed by atoms with E-state index in [4.69, 9.17) is 0 Å². The smallest absolute Gasteiger partial charge is 0.330 e. The second-order valence-electron chi connectivity index (χ2n) is 4.53. The van der Waals surface area contributed by atoms with Gasteiger partial charge in [0.2, 0.25) is 0 Å². The molecule has 2 rings (SSSR count). The van der Waals surface area contributed by atoms with Crippen molar-refractivity contribution in [2.75, 3.05) is 7.11 Å². The number of hydrogen-bond donors (Lipinski definition) is 0. The zero-order valence-electron chi connectivity index (χ0n) is 11.8. The van der Waals surface area contributed by atoms with E-state index in [0.29, 0.717) is 0 Å². The number of benzene rings is 2. The summed E-state index contributed by atoms with van der Waals surface area (Å²) in [5.41, 5.74) is 4.68. The molecule has 0 saturated carbocycles. The van der Waals surface area contributed by atoms with Gasteiger partial charge >= 0.3 is 5.97 Å². The molecule has 20 heavy (non-hydrogen) atoms. The van der Waals surface area contributed by atoms with Gasteiger partial charge in [-0.1, -0.05) is 55.5 Å². The molecule has 0 aliphatic heterocycles. The first-order valence-electron chi connectivity index (χ1n) is 6.68. The molecule has 0 atom stereocenters. The molecule has 0 fully saturated rings. The highest BCUT2D eigenvalue weighted by Gasteiger charge is 1.98. The molecule has 2 nitrogen and oxygen atoms in total. The van der Waals surface area contributed by atoms with E-state index in [1.807, 2.05) is 12.1 Å². The summed E-state index contributed by atoms with van der Waals surface area (Å²) in [5, 5.41) is 0. The Labute approximate surface area is 119 Å². The van der Waals surface area contributed by atoms with E-state index in [0.717, 1.165) is 12.0 Å². The number of aryl methyl sites for hydroxylation is 1. The zero-order valence-corrected chi connectivity index (χ0v) is 11.8. The first kappa shape index (κ1) is 14.1. The molecule has 0 N–H and O–H groups in total. The molecule has 2 heteroatoms. The minimum absolute atomic E-state index is 0.343. The fourth-order valence-corrected chi connectivity index (χ4v) is 1.95. The number of esters is 1. The SMILES string of the molecule is CCc1ccc(-c2ccc(/C=C/C(=O)OC)cc2)cc1. The van der Waals surface area contributed by atoms with Gasteiger partial charge in [-0.05, 0) is 34.8 Å². The summed E-state index contributed by atoms with van der Waals surface area (Å²) in [6.07, 6.45) is 4.22. The zero-order chi connectivity index (χ0) is 14.4. The third-order valence-corrected chi connectivity index (χ3v) is 3.22. The maximum absolute atomic E-state index is 11.0. The number of carbonyl (C=O) groups excluding carboxylic acids is 1. The Bertz CT molecular complexity index is 592. The third kappa shape index (κ3) is 3.58. The van der Waals surface area contributed by atoms with Crippen LogP contribution in [-0.2, 0) is 16.0 Å². The second kappa shape index (κ2) is 6.71. The molecule has 2 aromatic rings. The molecular formula is C18H18O2. The van der Waals surface area contributed by atoms with Crippen LogP contribution in [-0.4, -0.2) is 13.1 Å². The summed E-state index contributed by atoms with van der Waals surface area (Å²) in [4.78, 5) is 11.0. The number of carbonyl (C=O) groups is 1. The lowest BCUT2D eigenvalue weighted by Crippen LogP contribution is -1.93. The first-order valence-corrected chi connectivity index (χ1v) is 6.68. The Morgan fingerprint density at radius 2 is 1.55 bits per heavy atom. The van der Waals surface area contributed by atoms with Gasteiger partial charge in [0.1, 0.15) is 0 Å². The van der Waals surface area contributed by atoms with Crippen LogP contribution in [0.15, 0.2) is 54.6 Å². The quantitative estimate of drug-likeness (QED) is 0.615. The highest BCUT2D eigenvalue weighted by atomic mass is 16.5. The summed E-state index contributed by atoms with van der Waals surface area (Å²) >= 11 is 0. The minimum Gasteiger partial charge on any atom is -0.466 e. The Morgan fingerprint density at radius 3 is 2.05 bits per heavy atom. The third-order valence-electron chi connectivity index (χ3n) is 3.22.